The molecule has 0 unspecified atom stereocenters. The van der Waals surface area contributed by atoms with Crippen molar-refractivity contribution in [3.05, 3.63) is 45.8 Å². The van der Waals surface area contributed by atoms with Crippen molar-refractivity contribution in [3.63, 3.8) is 0 Å². The molecule has 0 bridgehead atoms. The van der Waals surface area contributed by atoms with Crippen LogP contribution in [-0.2, 0) is 0 Å². The first-order valence-electron chi connectivity index (χ1n) is 4.88. The second-order valence-electron chi connectivity index (χ2n) is 3.51. The van der Waals surface area contributed by atoms with Gasteiger partial charge in [0.2, 0.25) is 5.28 Å². The molecule has 0 radical (unpaired) electrons. The van der Waals surface area contributed by atoms with Gasteiger partial charge in [0.15, 0.2) is 11.6 Å². The van der Waals surface area contributed by atoms with Crippen molar-refractivity contribution >= 4 is 34.7 Å². The van der Waals surface area contributed by atoms with Crippen molar-refractivity contribution in [2.75, 3.05) is 5.32 Å². The second-order valence-corrected chi connectivity index (χ2v) is 4.26. The molecule has 0 aliphatic rings. The molecular weight excluding hydrogens is 283 g/mol. The molecule has 1 heterocycles. The van der Waals surface area contributed by atoms with Crippen molar-refractivity contribution < 1.29 is 8.78 Å². The quantitative estimate of drug-likeness (QED) is 0.846. The van der Waals surface area contributed by atoms with Gasteiger partial charge in [0, 0.05) is 0 Å². The van der Waals surface area contributed by atoms with Gasteiger partial charge in [0.05, 0.1) is 6.20 Å². The van der Waals surface area contributed by atoms with E-state index < -0.39 is 11.6 Å². The van der Waals surface area contributed by atoms with Gasteiger partial charge in [-0.25, -0.2) is 13.8 Å². The van der Waals surface area contributed by atoms with E-state index in [9.17, 15) is 8.78 Å². The summed E-state index contributed by atoms with van der Waals surface area (Å²) in [4.78, 5) is 7.40. The lowest BCUT2D eigenvalue weighted by Crippen LogP contribution is -2.02. The fraction of sp³-hybridized carbons (Fsp3) is 0.0909. The van der Waals surface area contributed by atoms with Crippen LogP contribution in [0.1, 0.15) is 5.56 Å². The van der Waals surface area contributed by atoms with E-state index in [0.29, 0.717) is 5.56 Å². The van der Waals surface area contributed by atoms with Crippen LogP contribution in [0, 0.1) is 18.6 Å². The van der Waals surface area contributed by atoms with Crippen molar-refractivity contribution in [3.8, 4) is 0 Å². The molecule has 2 rings (SSSR count). The van der Waals surface area contributed by atoms with Gasteiger partial charge in [0.25, 0.3) is 0 Å². The van der Waals surface area contributed by atoms with Gasteiger partial charge >= 0.3 is 0 Å². The molecular formula is C11H7Cl2F2N3. The molecule has 0 spiro atoms. The Kier molecular flexibility index (Phi) is 3.63. The average Bonchev–Trinajstić information content (AvgIpc) is 2.34. The SMILES string of the molecule is Cc1ccc(F)c(Nc2nc(Cl)ncc2Cl)c1F. The van der Waals surface area contributed by atoms with Gasteiger partial charge in [-0.05, 0) is 30.2 Å². The van der Waals surface area contributed by atoms with Crippen molar-refractivity contribution in [1.29, 1.82) is 0 Å². The molecule has 0 aliphatic heterocycles. The van der Waals surface area contributed by atoms with Crippen LogP contribution >= 0.6 is 23.2 Å². The topological polar surface area (TPSA) is 37.8 Å². The van der Waals surface area contributed by atoms with E-state index in [1.807, 2.05) is 0 Å². The maximum atomic E-state index is 13.8. The van der Waals surface area contributed by atoms with Crippen molar-refractivity contribution in [2.45, 2.75) is 6.92 Å². The molecule has 0 aliphatic carbocycles. The molecule has 0 saturated carbocycles. The molecule has 2 aromatic rings. The molecule has 1 N–H and O–H groups in total. The molecule has 94 valence electrons. The molecule has 0 saturated heterocycles. The Morgan fingerprint density at radius 1 is 1.22 bits per heavy atom. The predicted molar refractivity (Wildman–Crippen MR) is 66.4 cm³/mol. The number of nitrogens with one attached hydrogen (secondary N) is 1. The number of benzene rings is 1. The molecule has 0 fully saturated rings. The van der Waals surface area contributed by atoms with E-state index in [-0.39, 0.29) is 21.8 Å². The van der Waals surface area contributed by atoms with Gasteiger partial charge in [-0.1, -0.05) is 17.7 Å². The predicted octanol–water partition coefficient (Wildman–Crippen LogP) is 4.11. The largest absolute Gasteiger partial charge is 0.334 e. The lowest BCUT2D eigenvalue weighted by atomic mass is 10.2. The van der Waals surface area contributed by atoms with E-state index in [4.69, 9.17) is 23.2 Å². The van der Waals surface area contributed by atoms with Crippen LogP contribution in [0.4, 0.5) is 20.3 Å². The van der Waals surface area contributed by atoms with E-state index in [1.165, 1.54) is 19.2 Å². The van der Waals surface area contributed by atoms with Crippen molar-refractivity contribution in [2.24, 2.45) is 0 Å². The van der Waals surface area contributed by atoms with E-state index in [2.05, 4.69) is 15.3 Å². The van der Waals surface area contributed by atoms with E-state index >= 15 is 0 Å². The zero-order valence-corrected chi connectivity index (χ0v) is 10.7. The Hall–Kier alpha value is -1.46. The summed E-state index contributed by atoms with van der Waals surface area (Å²) >= 11 is 11.4. The highest BCUT2D eigenvalue weighted by molar-refractivity contribution is 6.33. The average molecular weight is 290 g/mol. The smallest absolute Gasteiger partial charge is 0.224 e. The highest BCUT2D eigenvalue weighted by Crippen LogP contribution is 2.28. The first kappa shape index (κ1) is 13.0. The third kappa shape index (κ3) is 2.52. The van der Waals surface area contributed by atoms with Crippen LogP contribution in [-0.4, -0.2) is 9.97 Å². The first-order valence-corrected chi connectivity index (χ1v) is 5.64. The summed E-state index contributed by atoms with van der Waals surface area (Å²) in [5.41, 5.74) is -0.0261. The summed E-state index contributed by atoms with van der Waals surface area (Å²) in [6.45, 7) is 1.52. The minimum Gasteiger partial charge on any atom is -0.334 e. The molecule has 1 aromatic heterocycles. The summed E-state index contributed by atoms with van der Waals surface area (Å²) in [7, 11) is 0. The zero-order chi connectivity index (χ0) is 13.3. The molecule has 18 heavy (non-hydrogen) atoms. The van der Waals surface area contributed by atoms with Crippen LogP contribution in [0.15, 0.2) is 18.3 Å². The Morgan fingerprint density at radius 2 is 1.94 bits per heavy atom. The van der Waals surface area contributed by atoms with E-state index in [1.54, 1.807) is 0 Å². The minimum absolute atomic E-state index is 0.0417. The number of halogens is 4. The molecule has 1 aromatic carbocycles. The van der Waals surface area contributed by atoms with Crippen LogP contribution in [0.3, 0.4) is 0 Å². The van der Waals surface area contributed by atoms with Gasteiger partial charge < -0.3 is 5.32 Å². The summed E-state index contributed by atoms with van der Waals surface area (Å²) in [5, 5.41) is 2.51. The minimum atomic E-state index is -0.746. The number of aromatic nitrogens is 2. The van der Waals surface area contributed by atoms with Gasteiger partial charge in [-0.15, -0.1) is 0 Å². The van der Waals surface area contributed by atoms with Crippen molar-refractivity contribution in [1.82, 2.24) is 9.97 Å². The molecule has 0 atom stereocenters. The highest BCUT2D eigenvalue weighted by Gasteiger charge is 2.14. The fourth-order valence-corrected chi connectivity index (χ4v) is 1.59. The second kappa shape index (κ2) is 5.04. The molecule has 0 amide bonds. The first-order chi connectivity index (χ1) is 8.49. The summed E-state index contributed by atoms with van der Waals surface area (Å²) in [6, 6.07) is 2.49. The van der Waals surface area contributed by atoms with E-state index in [0.717, 1.165) is 6.07 Å². The molecule has 7 heteroatoms. The number of rotatable bonds is 2. The van der Waals surface area contributed by atoms with Crippen LogP contribution in [0.25, 0.3) is 0 Å². The summed E-state index contributed by atoms with van der Waals surface area (Å²) in [5.74, 6) is -1.41. The Bertz CT molecular complexity index is 605. The highest BCUT2D eigenvalue weighted by atomic mass is 35.5. The number of hydrogen-bond acceptors (Lipinski definition) is 3. The number of hydrogen-bond donors (Lipinski definition) is 1. The number of anilines is 2. The van der Waals surface area contributed by atoms with Crippen LogP contribution in [0.2, 0.25) is 10.3 Å². The maximum absolute atomic E-state index is 13.8. The third-order valence-electron chi connectivity index (χ3n) is 2.24. The Labute approximate surface area is 112 Å². The summed E-state index contributed by atoms with van der Waals surface area (Å²) in [6.07, 6.45) is 1.24. The normalized spacial score (nSPS) is 10.5. The zero-order valence-electron chi connectivity index (χ0n) is 9.14. The fourth-order valence-electron chi connectivity index (χ4n) is 1.32. The van der Waals surface area contributed by atoms with Crippen LogP contribution < -0.4 is 5.32 Å². The maximum Gasteiger partial charge on any atom is 0.224 e. The standard InChI is InChI=1S/C11H7Cl2F2N3/c1-5-2-3-7(14)9(8(5)15)17-10-6(12)4-16-11(13)18-10/h2-4H,1H3,(H,16,17,18). The lowest BCUT2D eigenvalue weighted by Gasteiger charge is -2.10. The Balaban J connectivity index is 2.46. The van der Waals surface area contributed by atoms with Gasteiger partial charge in [-0.2, -0.15) is 4.98 Å². The Morgan fingerprint density at radius 3 is 2.67 bits per heavy atom. The monoisotopic (exact) mass is 289 g/mol. The third-order valence-corrected chi connectivity index (χ3v) is 2.70. The number of nitrogens with zero attached hydrogens (tertiary/aromatic N) is 2. The lowest BCUT2D eigenvalue weighted by molar-refractivity contribution is 0.584. The summed E-state index contributed by atoms with van der Waals surface area (Å²) < 4.78 is 27.3. The van der Waals surface area contributed by atoms with Crippen LogP contribution in [0.5, 0.6) is 0 Å². The molecule has 3 nitrogen and oxygen atoms in total. The van der Waals surface area contributed by atoms with Gasteiger partial charge in [-0.3, -0.25) is 0 Å². The number of aryl methyl sites for hydroxylation is 1. The van der Waals surface area contributed by atoms with Gasteiger partial charge in [0.1, 0.15) is 16.5 Å².